The van der Waals surface area contributed by atoms with Crippen LogP contribution in [0.15, 0.2) is 0 Å². The minimum atomic E-state index is 0.630. The molecular weight excluding hydrogens is 186 g/mol. The summed E-state index contributed by atoms with van der Waals surface area (Å²) in [6.07, 6.45) is 3.75. The van der Waals surface area contributed by atoms with Gasteiger partial charge in [0.2, 0.25) is 0 Å². The summed E-state index contributed by atoms with van der Waals surface area (Å²) in [6.45, 7) is 13.0. The second-order valence-electron chi connectivity index (χ2n) is 4.74. The van der Waals surface area contributed by atoms with Crippen LogP contribution in [0.2, 0.25) is 0 Å². The van der Waals surface area contributed by atoms with Gasteiger partial charge in [0, 0.05) is 6.61 Å². The molecule has 0 aromatic heterocycles. The summed E-state index contributed by atoms with van der Waals surface area (Å²) in [6, 6.07) is 0. The van der Waals surface area contributed by atoms with E-state index in [0.29, 0.717) is 11.8 Å². The normalized spacial score (nSPS) is 15.2. The minimum absolute atomic E-state index is 0.630. The number of ether oxygens (including phenoxy) is 1. The molecule has 15 heavy (non-hydrogen) atoms. The molecule has 2 unspecified atom stereocenters. The van der Waals surface area contributed by atoms with Gasteiger partial charge < -0.3 is 10.1 Å². The highest BCUT2D eigenvalue weighted by molar-refractivity contribution is 4.56. The summed E-state index contributed by atoms with van der Waals surface area (Å²) in [5, 5.41) is 3.42. The third-order valence-corrected chi connectivity index (χ3v) is 2.51. The van der Waals surface area contributed by atoms with Crippen molar-refractivity contribution in [1.82, 2.24) is 5.32 Å². The molecular formula is C13H29NO. The molecule has 0 bridgehead atoms. The zero-order valence-corrected chi connectivity index (χ0v) is 11.0. The van der Waals surface area contributed by atoms with Crippen LogP contribution < -0.4 is 5.32 Å². The van der Waals surface area contributed by atoms with E-state index in [2.05, 4.69) is 33.0 Å². The van der Waals surface area contributed by atoms with Crippen LogP contribution in [0.5, 0.6) is 0 Å². The smallest absolute Gasteiger partial charge is 0.0503 e. The highest BCUT2D eigenvalue weighted by atomic mass is 16.5. The zero-order valence-electron chi connectivity index (χ0n) is 11.0. The highest BCUT2D eigenvalue weighted by Crippen LogP contribution is 2.06. The van der Waals surface area contributed by atoms with Crippen molar-refractivity contribution in [2.24, 2.45) is 11.8 Å². The van der Waals surface area contributed by atoms with E-state index in [9.17, 15) is 0 Å². The second-order valence-corrected chi connectivity index (χ2v) is 4.74. The maximum Gasteiger partial charge on any atom is 0.0503 e. The van der Waals surface area contributed by atoms with Gasteiger partial charge in [0.25, 0.3) is 0 Å². The van der Waals surface area contributed by atoms with Crippen LogP contribution >= 0.6 is 0 Å². The fourth-order valence-electron chi connectivity index (χ4n) is 1.63. The topological polar surface area (TPSA) is 21.3 Å². The van der Waals surface area contributed by atoms with Gasteiger partial charge in [-0.1, -0.05) is 34.1 Å². The number of rotatable bonds is 10. The van der Waals surface area contributed by atoms with Gasteiger partial charge in [0.05, 0.1) is 6.61 Å². The second kappa shape index (κ2) is 10.4. The average Bonchev–Trinajstić information content (AvgIpc) is 2.18. The van der Waals surface area contributed by atoms with Crippen molar-refractivity contribution in [2.45, 2.75) is 47.0 Å². The van der Waals surface area contributed by atoms with Gasteiger partial charge in [-0.2, -0.15) is 0 Å². The summed E-state index contributed by atoms with van der Waals surface area (Å²) in [5.74, 6) is 1.34. The van der Waals surface area contributed by atoms with E-state index in [1.165, 1.54) is 19.3 Å². The molecule has 92 valence electrons. The Kier molecular flexibility index (Phi) is 10.4. The molecule has 0 heterocycles. The van der Waals surface area contributed by atoms with Crippen molar-refractivity contribution in [3.63, 3.8) is 0 Å². The fourth-order valence-corrected chi connectivity index (χ4v) is 1.63. The summed E-state index contributed by atoms with van der Waals surface area (Å²) in [4.78, 5) is 0. The van der Waals surface area contributed by atoms with Crippen LogP contribution in [0.4, 0.5) is 0 Å². The Morgan fingerprint density at radius 2 is 1.67 bits per heavy atom. The number of hydrogen-bond donors (Lipinski definition) is 1. The first-order valence-electron chi connectivity index (χ1n) is 6.49. The van der Waals surface area contributed by atoms with E-state index in [0.717, 1.165) is 26.3 Å². The van der Waals surface area contributed by atoms with Crippen molar-refractivity contribution in [2.75, 3.05) is 26.3 Å². The molecule has 2 heteroatoms. The maximum atomic E-state index is 5.70. The quantitative estimate of drug-likeness (QED) is 0.565. The summed E-state index contributed by atoms with van der Waals surface area (Å²) >= 11 is 0. The third kappa shape index (κ3) is 10.2. The highest BCUT2D eigenvalue weighted by Gasteiger charge is 2.04. The van der Waals surface area contributed by atoms with Crippen LogP contribution in [-0.2, 0) is 4.74 Å². The Bertz CT molecular complexity index is 128. The fraction of sp³-hybridized carbons (Fsp3) is 1.00. The predicted octanol–water partition coefficient (Wildman–Crippen LogP) is 3.07. The predicted molar refractivity (Wildman–Crippen MR) is 67.2 cm³/mol. The van der Waals surface area contributed by atoms with Crippen LogP contribution in [0.1, 0.15) is 47.0 Å². The summed E-state index contributed by atoms with van der Waals surface area (Å²) in [5.41, 5.74) is 0. The van der Waals surface area contributed by atoms with Gasteiger partial charge in [-0.05, 0) is 37.8 Å². The Morgan fingerprint density at radius 1 is 1.00 bits per heavy atom. The Morgan fingerprint density at radius 3 is 2.27 bits per heavy atom. The first-order chi connectivity index (χ1) is 7.20. The monoisotopic (exact) mass is 215 g/mol. The van der Waals surface area contributed by atoms with Gasteiger partial charge in [-0.3, -0.25) is 0 Å². The van der Waals surface area contributed by atoms with Crippen molar-refractivity contribution >= 4 is 0 Å². The van der Waals surface area contributed by atoms with Gasteiger partial charge in [0.15, 0.2) is 0 Å². The summed E-state index contributed by atoms with van der Waals surface area (Å²) in [7, 11) is 0. The average molecular weight is 215 g/mol. The zero-order chi connectivity index (χ0) is 11.5. The lowest BCUT2D eigenvalue weighted by Crippen LogP contribution is -2.25. The van der Waals surface area contributed by atoms with E-state index in [4.69, 9.17) is 4.74 Å². The molecule has 0 aromatic rings. The lowest BCUT2D eigenvalue weighted by atomic mass is 10.1. The van der Waals surface area contributed by atoms with Crippen LogP contribution in [0.3, 0.4) is 0 Å². The molecule has 0 amide bonds. The first-order valence-corrected chi connectivity index (χ1v) is 6.49. The Balaban J connectivity index is 3.26. The molecule has 2 atom stereocenters. The van der Waals surface area contributed by atoms with Crippen LogP contribution in [0.25, 0.3) is 0 Å². The SMILES string of the molecule is CCCNCC(C)COCC(C)CCC. The molecule has 0 saturated heterocycles. The molecule has 0 aliphatic heterocycles. The van der Waals surface area contributed by atoms with E-state index in [1.807, 2.05) is 0 Å². The van der Waals surface area contributed by atoms with Crippen LogP contribution in [0, 0.1) is 11.8 Å². The van der Waals surface area contributed by atoms with E-state index in [1.54, 1.807) is 0 Å². The molecule has 0 saturated carbocycles. The largest absolute Gasteiger partial charge is 0.381 e. The van der Waals surface area contributed by atoms with Crippen molar-refractivity contribution in [1.29, 1.82) is 0 Å². The van der Waals surface area contributed by atoms with Gasteiger partial charge in [-0.15, -0.1) is 0 Å². The third-order valence-electron chi connectivity index (χ3n) is 2.51. The lowest BCUT2D eigenvalue weighted by Gasteiger charge is -2.15. The maximum absolute atomic E-state index is 5.70. The molecule has 0 spiro atoms. The first kappa shape index (κ1) is 14.9. The molecule has 0 aromatic carbocycles. The standard InChI is InChI=1S/C13H29NO/c1-5-7-12(3)10-15-11-13(4)9-14-8-6-2/h12-14H,5-11H2,1-4H3. The molecule has 1 N–H and O–H groups in total. The Labute approximate surface area is 95.8 Å². The van der Waals surface area contributed by atoms with E-state index >= 15 is 0 Å². The van der Waals surface area contributed by atoms with Crippen molar-refractivity contribution in [3.8, 4) is 0 Å². The van der Waals surface area contributed by atoms with Crippen molar-refractivity contribution < 1.29 is 4.74 Å². The molecule has 0 rings (SSSR count). The van der Waals surface area contributed by atoms with Gasteiger partial charge in [-0.25, -0.2) is 0 Å². The number of hydrogen-bond acceptors (Lipinski definition) is 2. The number of nitrogens with one attached hydrogen (secondary N) is 1. The van der Waals surface area contributed by atoms with Gasteiger partial charge in [0.1, 0.15) is 0 Å². The lowest BCUT2D eigenvalue weighted by molar-refractivity contribution is 0.0773. The molecule has 0 aliphatic rings. The van der Waals surface area contributed by atoms with Gasteiger partial charge >= 0.3 is 0 Å². The minimum Gasteiger partial charge on any atom is -0.381 e. The molecule has 0 radical (unpaired) electrons. The van der Waals surface area contributed by atoms with E-state index < -0.39 is 0 Å². The van der Waals surface area contributed by atoms with E-state index in [-0.39, 0.29) is 0 Å². The Hall–Kier alpha value is -0.0800. The molecule has 2 nitrogen and oxygen atoms in total. The van der Waals surface area contributed by atoms with Crippen LogP contribution in [-0.4, -0.2) is 26.3 Å². The molecule has 0 aliphatic carbocycles. The molecule has 0 fully saturated rings. The summed E-state index contributed by atoms with van der Waals surface area (Å²) < 4.78 is 5.70. The van der Waals surface area contributed by atoms with Crippen molar-refractivity contribution in [3.05, 3.63) is 0 Å².